The summed E-state index contributed by atoms with van der Waals surface area (Å²) in [6.45, 7) is 1.45. The second-order valence-electron chi connectivity index (χ2n) is 8.55. The van der Waals surface area contributed by atoms with Crippen molar-refractivity contribution < 1.29 is 55.8 Å². The van der Waals surface area contributed by atoms with E-state index >= 15 is 0 Å². The Bertz CT molecular complexity index is 1310. The number of rotatable bonds is 6. The molecule has 0 aliphatic carbocycles. The molecule has 0 saturated heterocycles. The van der Waals surface area contributed by atoms with E-state index in [0.29, 0.717) is 0 Å². The molecule has 0 fully saturated rings. The minimum Gasteiger partial charge on any atom is -1.00 e. The van der Waals surface area contributed by atoms with Gasteiger partial charge in [0.2, 0.25) is 0 Å². The van der Waals surface area contributed by atoms with Gasteiger partial charge in [-0.25, -0.2) is 15.0 Å². The van der Waals surface area contributed by atoms with Crippen molar-refractivity contribution in [3.05, 3.63) is 66.7 Å². The number of nitrogens with zero attached hydrogens (tertiary/aromatic N) is 7. The van der Waals surface area contributed by atoms with Gasteiger partial charge in [0.25, 0.3) is 0 Å². The van der Waals surface area contributed by atoms with Gasteiger partial charge < -0.3 is 46.4 Å². The van der Waals surface area contributed by atoms with Crippen LogP contribution in [0.4, 0.5) is 0 Å². The summed E-state index contributed by atoms with van der Waals surface area (Å²) < 4.78 is 4.43. The van der Waals surface area contributed by atoms with Gasteiger partial charge >= 0.3 is 18.6 Å². The Morgan fingerprint density at radius 1 is 0.556 bits per heavy atom. The zero-order valence-corrected chi connectivity index (χ0v) is 24.1. The summed E-state index contributed by atoms with van der Waals surface area (Å²) in [7, 11) is 8.25. The summed E-state index contributed by atoms with van der Waals surface area (Å²) in [5.41, 5.74) is 5.81. The average molecular weight is 583 g/mol. The van der Waals surface area contributed by atoms with Crippen LogP contribution < -0.4 is 37.2 Å². The molecule has 3 heterocycles. The molecule has 0 bridgehead atoms. The van der Waals surface area contributed by atoms with Gasteiger partial charge in [0, 0.05) is 0 Å². The Kier molecular flexibility index (Phi) is 11.9. The Morgan fingerprint density at radius 2 is 0.944 bits per heavy atom. The zero-order valence-electron chi connectivity index (χ0n) is 20.5. The Labute approximate surface area is 242 Å². The molecule has 188 valence electrons. The van der Waals surface area contributed by atoms with Crippen LogP contribution in [0.5, 0.6) is 0 Å². The van der Waals surface area contributed by atoms with E-state index in [9.17, 15) is 0 Å². The SMILES string of the molecule is CN(C)Cn1c(-c2cccc(-c3nc4ccccc4n3CN(C)C)n2)nc2ccccc21.[Cl-].[Cl-].[Cl-].[V+3]. The maximum Gasteiger partial charge on any atom is 3.00 e. The molecule has 0 atom stereocenters. The summed E-state index contributed by atoms with van der Waals surface area (Å²) >= 11 is 0. The topological polar surface area (TPSA) is 55.0 Å². The third-order valence-corrected chi connectivity index (χ3v) is 5.36. The van der Waals surface area contributed by atoms with Crippen molar-refractivity contribution in [3.63, 3.8) is 0 Å². The number of pyridine rings is 1. The molecule has 2 aromatic carbocycles. The van der Waals surface area contributed by atoms with Crippen LogP contribution in [0.15, 0.2) is 66.7 Å². The van der Waals surface area contributed by atoms with Crippen LogP contribution in [-0.2, 0) is 31.9 Å². The normalized spacial score (nSPS) is 10.6. The first-order valence-electron chi connectivity index (χ1n) is 10.7. The molecule has 3 aromatic heterocycles. The van der Waals surface area contributed by atoms with Crippen LogP contribution in [0, 0.1) is 0 Å². The second kappa shape index (κ2) is 13.4. The molecule has 0 N–H and O–H groups in total. The predicted molar refractivity (Wildman–Crippen MR) is 129 cm³/mol. The van der Waals surface area contributed by atoms with Gasteiger partial charge in [0.15, 0.2) is 11.6 Å². The molecule has 36 heavy (non-hydrogen) atoms. The van der Waals surface area contributed by atoms with E-state index in [0.717, 1.165) is 58.4 Å². The molecule has 5 aromatic rings. The van der Waals surface area contributed by atoms with E-state index in [1.54, 1.807) is 0 Å². The minimum atomic E-state index is 0. The number of fused-ring (bicyclic) bond motifs is 2. The van der Waals surface area contributed by atoms with Crippen LogP contribution >= 0.6 is 0 Å². The summed E-state index contributed by atoms with van der Waals surface area (Å²) in [6.07, 6.45) is 0. The quantitative estimate of drug-likeness (QED) is 0.201. The molecule has 7 nitrogen and oxygen atoms in total. The molecule has 0 aliphatic heterocycles. The average Bonchev–Trinajstić information content (AvgIpc) is 3.32. The maximum absolute atomic E-state index is 5.04. The first kappa shape index (κ1) is 31.9. The molecule has 0 saturated carbocycles. The van der Waals surface area contributed by atoms with E-state index < -0.39 is 0 Å². The van der Waals surface area contributed by atoms with Crippen LogP contribution in [0.25, 0.3) is 45.1 Å². The first-order valence-corrected chi connectivity index (χ1v) is 10.7. The molecule has 0 radical (unpaired) electrons. The minimum absolute atomic E-state index is 0. The number of hydrogen-bond acceptors (Lipinski definition) is 5. The molecule has 11 heteroatoms. The van der Waals surface area contributed by atoms with Crippen LogP contribution in [0.3, 0.4) is 0 Å². The van der Waals surface area contributed by atoms with Gasteiger partial charge in [-0.2, -0.15) is 0 Å². The van der Waals surface area contributed by atoms with Gasteiger partial charge in [-0.1, -0.05) is 30.3 Å². The second-order valence-corrected chi connectivity index (χ2v) is 8.55. The molecule has 5 rings (SSSR count). The smallest absolute Gasteiger partial charge is 1.00 e. The van der Waals surface area contributed by atoms with Gasteiger partial charge in [-0.3, -0.25) is 9.80 Å². The van der Waals surface area contributed by atoms with E-state index in [2.05, 4.69) is 59.3 Å². The fourth-order valence-corrected chi connectivity index (χ4v) is 4.08. The molecule has 0 aliphatic rings. The molecule has 0 unspecified atom stereocenters. The summed E-state index contributed by atoms with van der Waals surface area (Å²) in [5, 5.41) is 0. The number of aromatic nitrogens is 5. The molecular weight excluding hydrogens is 556 g/mol. The van der Waals surface area contributed by atoms with Gasteiger partial charge in [-0.05, 0) is 64.6 Å². The van der Waals surface area contributed by atoms with Crippen molar-refractivity contribution in [2.24, 2.45) is 0 Å². The summed E-state index contributed by atoms with van der Waals surface area (Å²) in [5.74, 6) is 1.72. The van der Waals surface area contributed by atoms with E-state index in [1.165, 1.54) is 0 Å². The molecule has 0 spiro atoms. The molecular formula is C25H27Cl3N7V. The largest absolute Gasteiger partial charge is 3.00 e. The van der Waals surface area contributed by atoms with Crippen LogP contribution in [-0.4, -0.2) is 62.1 Å². The van der Waals surface area contributed by atoms with Gasteiger partial charge in [-0.15, -0.1) is 0 Å². The van der Waals surface area contributed by atoms with E-state index in [4.69, 9.17) is 15.0 Å². The molecule has 0 amide bonds. The number of para-hydroxylation sites is 4. The van der Waals surface area contributed by atoms with Crippen molar-refractivity contribution in [2.45, 2.75) is 13.3 Å². The van der Waals surface area contributed by atoms with E-state index in [-0.39, 0.29) is 55.8 Å². The third kappa shape index (κ3) is 6.24. The van der Waals surface area contributed by atoms with Gasteiger partial charge in [0.05, 0.1) is 35.4 Å². The number of imidazole rings is 2. The number of hydrogen-bond donors (Lipinski definition) is 0. The number of benzene rings is 2. The fraction of sp³-hybridized carbons (Fsp3) is 0.240. The Balaban J connectivity index is 0.00000162. The van der Waals surface area contributed by atoms with Crippen LogP contribution in [0.2, 0.25) is 0 Å². The van der Waals surface area contributed by atoms with Crippen LogP contribution in [0.1, 0.15) is 0 Å². The Morgan fingerprint density at radius 3 is 1.33 bits per heavy atom. The predicted octanol–water partition coefficient (Wildman–Crippen LogP) is -4.84. The summed E-state index contributed by atoms with van der Waals surface area (Å²) in [6, 6.07) is 22.5. The fourth-order valence-electron chi connectivity index (χ4n) is 4.08. The first-order chi connectivity index (χ1) is 15.5. The zero-order chi connectivity index (χ0) is 22.2. The van der Waals surface area contributed by atoms with Crippen molar-refractivity contribution >= 4 is 22.1 Å². The van der Waals surface area contributed by atoms with Crippen molar-refractivity contribution in [1.82, 2.24) is 33.9 Å². The van der Waals surface area contributed by atoms with Gasteiger partial charge in [0.1, 0.15) is 11.4 Å². The standard InChI is InChI=1S/C25H27N7.3ClH.V/c1-29(2)16-31-22-14-7-5-10-18(22)27-24(31)20-12-9-13-21(26-20)25-28-19-11-6-8-15-23(19)32(25)17-30(3)4;;;;/h5-15H,16-17H2,1-4H3;3*1H;/q;;;;+3/p-3. The maximum atomic E-state index is 5.04. The van der Waals surface area contributed by atoms with Crippen molar-refractivity contribution in [3.8, 4) is 23.0 Å². The van der Waals surface area contributed by atoms with Crippen molar-refractivity contribution in [2.75, 3.05) is 28.2 Å². The summed E-state index contributed by atoms with van der Waals surface area (Å²) in [4.78, 5) is 19.2. The monoisotopic (exact) mass is 581 g/mol. The third-order valence-electron chi connectivity index (χ3n) is 5.36. The van der Waals surface area contributed by atoms with Crippen molar-refractivity contribution in [1.29, 1.82) is 0 Å². The van der Waals surface area contributed by atoms with E-state index in [1.807, 2.05) is 54.6 Å². The Hall–Kier alpha value is -2.10. The number of halogens is 3.